The number of rotatable bonds is 5. The number of methoxy groups -OCH3 is 1. The maximum absolute atomic E-state index is 11.9. The molecule has 0 aliphatic heterocycles. The van der Waals surface area contributed by atoms with Crippen molar-refractivity contribution in [2.45, 2.75) is 45.1 Å². The molecule has 150 valence electrons. The maximum Gasteiger partial charge on any atom is 0.356 e. The zero-order chi connectivity index (χ0) is 20.3. The molecule has 0 spiro atoms. The smallest absolute Gasteiger partial charge is 0.356 e. The first-order chi connectivity index (χ1) is 13.4. The molecule has 0 aromatic carbocycles. The highest BCUT2D eigenvalue weighted by atomic mass is 16.5. The second kappa shape index (κ2) is 8.37. The number of carbonyl (C=O) groups excluding carboxylic acids is 1. The lowest BCUT2D eigenvalue weighted by atomic mass is 9.99. The van der Waals surface area contributed by atoms with Crippen molar-refractivity contribution >= 4 is 11.9 Å². The molecular formula is C19H24N4O5. The summed E-state index contributed by atoms with van der Waals surface area (Å²) >= 11 is 0. The summed E-state index contributed by atoms with van der Waals surface area (Å²) in [5, 5.41) is 17.1. The Kier molecular flexibility index (Phi) is 5.91. The van der Waals surface area contributed by atoms with Gasteiger partial charge in [-0.3, -0.25) is 4.79 Å². The molecular weight excluding hydrogens is 364 g/mol. The zero-order valence-electron chi connectivity index (χ0n) is 16.2. The Bertz CT molecular complexity index is 879. The fourth-order valence-electron chi connectivity index (χ4n) is 3.56. The third kappa shape index (κ3) is 4.13. The molecule has 2 atom stereocenters. The predicted octanol–water partition coefficient (Wildman–Crippen LogP) is 2.38. The molecule has 2 aromatic heterocycles. The summed E-state index contributed by atoms with van der Waals surface area (Å²) in [6.45, 7) is 1.80. The number of pyridine rings is 1. The van der Waals surface area contributed by atoms with E-state index >= 15 is 0 Å². The molecule has 1 N–H and O–H groups in total. The van der Waals surface area contributed by atoms with E-state index in [1.807, 2.05) is 0 Å². The van der Waals surface area contributed by atoms with Gasteiger partial charge in [0.05, 0.1) is 30.5 Å². The Hall–Kier alpha value is -2.97. The summed E-state index contributed by atoms with van der Waals surface area (Å²) in [5.41, 5.74) is 1.23. The quantitative estimate of drug-likeness (QED) is 0.613. The van der Waals surface area contributed by atoms with Crippen LogP contribution in [0.15, 0.2) is 12.1 Å². The molecule has 1 fully saturated rings. The van der Waals surface area contributed by atoms with E-state index in [2.05, 4.69) is 15.3 Å². The number of ether oxygens (including phenoxy) is 2. The summed E-state index contributed by atoms with van der Waals surface area (Å²) in [5.74, 6) is -0.845. The topological polar surface area (TPSA) is 116 Å². The molecule has 3 rings (SSSR count). The molecule has 0 amide bonds. The SMILES string of the molecule is COC(=O)C1CCCCC(Oc2ccc(-c3nnn(C)c3C(=O)O)nc2C)C1. The van der Waals surface area contributed by atoms with Crippen molar-refractivity contribution in [3.63, 3.8) is 0 Å². The van der Waals surface area contributed by atoms with Crippen LogP contribution < -0.4 is 4.74 Å². The number of carboxylic acids is 1. The minimum atomic E-state index is -1.12. The van der Waals surface area contributed by atoms with Crippen molar-refractivity contribution in [1.29, 1.82) is 0 Å². The molecule has 28 heavy (non-hydrogen) atoms. The normalized spacial score (nSPS) is 19.7. The van der Waals surface area contributed by atoms with Gasteiger partial charge in [0.25, 0.3) is 0 Å². The predicted molar refractivity (Wildman–Crippen MR) is 98.9 cm³/mol. The minimum Gasteiger partial charge on any atom is -0.489 e. The van der Waals surface area contributed by atoms with Crippen molar-refractivity contribution < 1.29 is 24.2 Å². The van der Waals surface area contributed by atoms with E-state index in [0.717, 1.165) is 25.7 Å². The number of carboxylic acid groups (broad SMARTS) is 1. The number of carbonyl (C=O) groups is 2. The third-order valence-corrected chi connectivity index (χ3v) is 5.01. The van der Waals surface area contributed by atoms with E-state index in [4.69, 9.17) is 9.47 Å². The van der Waals surface area contributed by atoms with Gasteiger partial charge in [0.1, 0.15) is 11.4 Å². The van der Waals surface area contributed by atoms with E-state index in [-0.39, 0.29) is 29.4 Å². The van der Waals surface area contributed by atoms with Crippen LogP contribution in [0.25, 0.3) is 11.4 Å². The summed E-state index contributed by atoms with van der Waals surface area (Å²) in [4.78, 5) is 27.8. The lowest BCUT2D eigenvalue weighted by Crippen LogP contribution is -2.24. The average molecular weight is 388 g/mol. The maximum atomic E-state index is 11.9. The van der Waals surface area contributed by atoms with Gasteiger partial charge in [0.15, 0.2) is 5.69 Å². The van der Waals surface area contributed by atoms with E-state index in [1.165, 1.54) is 18.8 Å². The van der Waals surface area contributed by atoms with Crippen LogP contribution in [0.1, 0.15) is 48.3 Å². The Labute approximate surface area is 162 Å². The monoisotopic (exact) mass is 388 g/mol. The number of aromatic carboxylic acids is 1. The first-order valence-electron chi connectivity index (χ1n) is 9.26. The number of nitrogens with zero attached hydrogens (tertiary/aromatic N) is 4. The van der Waals surface area contributed by atoms with Crippen LogP contribution in [0.5, 0.6) is 5.75 Å². The molecule has 1 saturated carbocycles. The molecule has 2 unspecified atom stereocenters. The highest BCUT2D eigenvalue weighted by Crippen LogP contribution is 2.30. The number of hydrogen-bond acceptors (Lipinski definition) is 7. The largest absolute Gasteiger partial charge is 0.489 e. The van der Waals surface area contributed by atoms with Crippen molar-refractivity contribution in [3.8, 4) is 17.1 Å². The highest BCUT2D eigenvalue weighted by Gasteiger charge is 2.28. The Balaban J connectivity index is 1.79. The second-order valence-electron chi connectivity index (χ2n) is 6.98. The molecule has 1 aliphatic rings. The molecule has 0 radical (unpaired) electrons. The van der Waals surface area contributed by atoms with Crippen LogP contribution >= 0.6 is 0 Å². The number of hydrogen-bond donors (Lipinski definition) is 1. The van der Waals surface area contributed by atoms with Crippen LogP contribution in [-0.4, -0.2) is 50.2 Å². The minimum absolute atomic E-state index is 0.0229. The van der Waals surface area contributed by atoms with Gasteiger partial charge >= 0.3 is 11.9 Å². The van der Waals surface area contributed by atoms with Gasteiger partial charge < -0.3 is 14.6 Å². The summed E-state index contributed by atoms with van der Waals surface area (Å²) in [6, 6.07) is 3.43. The molecule has 1 aliphatic carbocycles. The van der Waals surface area contributed by atoms with E-state index < -0.39 is 5.97 Å². The van der Waals surface area contributed by atoms with E-state index in [0.29, 0.717) is 23.6 Å². The fourth-order valence-corrected chi connectivity index (χ4v) is 3.56. The van der Waals surface area contributed by atoms with Crippen LogP contribution in [0.2, 0.25) is 0 Å². The van der Waals surface area contributed by atoms with Gasteiger partial charge in [-0.1, -0.05) is 11.6 Å². The first-order valence-corrected chi connectivity index (χ1v) is 9.26. The number of esters is 1. The standard InChI is InChI=1S/C19H24N4O5/c1-11-15(28-13-7-5-4-6-12(10-13)19(26)27-3)9-8-14(20-11)16-17(18(24)25)23(2)22-21-16/h8-9,12-13H,4-7,10H2,1-3H3,(H,24,25). The molecule has 2 heterocycles. The van der Waals surface area contributed by atoms with Crippen LogP contribution in [0.4, 0.5) is 0 Å². The Morgan fingerprint density at radius 3 is 2.68 bits per heavy atom. The van der Waals surface area contributed by atoms with Crippen LogP contribution in [0, 0.1) is 12.8 Å². The van der Waals surface area contributed by atoms with Gasteiger partial charge in [-0.2, -0.15) is 0 Å². The molecule has 9 nitrogen and oxygen atoms in total. The summed E-state index contributed by atoms with van der Waals surface area (Å²) in [7, 11) is 2.93. The van der Waals surface area contributed by atoms with Gasteiger partial charge in [-0.05, 0) is 44.7 Å². The van der Waals surface area contributed by atoms with Gasteiger partial charge in [-0.25, -0.2) is 14.5 Å². The van der Waals surface area contributed by atoms with Crippen LogP contribution in [0.3, 0.4) is 0 Å². The van der Waals surface area contributed by atoms with E-state index in [9.17, 15) is 14.7 Å². The Morgan fingerprint density at radius 1 is 1.25 bits per heavy atom. The second-order valence-corrected chi connectivity index (χ2v) is 6.98. The highest BCUT2D eigenvalue weighted by molar-refractivity contribution is 5.92. The van der Waals surface area contributed by atoms with Gasteiger partial charge in [0, 0.05) is 7.05 Å². The zero-order valence-corrected chi connectivity index (χ0v) is 16.2. The summed E-state index contributed by atoms with van der Waals surface area (Å²) < 4.78 is 12.2. The van der Waals surface area contributed by atoms with Crippen molar-refractivity contribution in [2.75, 3.05) is 7.11 Å². The lowest BCUT2D eigenvalue weighted by Gasteiger charge is -2.21. The average Bonchev–Trinajstić information content (AvgIpc) is 2.91. The Morgan fingerprint density at radius 2 is 2.00 bits per heavy atom. The number of aromatic nitrogens is 4. The van der Waals surface area contributed by atoms with Gasteiger partial charge in [0.2, 0.25) is 0 Å². The molecule has 0 bridgehead atoms. The van der Waals surface area contributed by atoms with Gasteiger partial charge in [-0.15, -0.1) is 5.10 Å². The van der Waals surface area contributed by atoms with Crippen molar-refractivity contribution in [2.24, 2.45) is 13.0 Å². The molecule has 2 aromatic rings. The van der Waals surface area contributed by atoms with E-state index in [1.54, 1.807) is 19.1 Å². The van der Waals surface area contributed by atoms with Crippen molar-refractivity contribution in [3.05, 3.63) is 23.5 Å². The first kappa shape index (κ1) is 19.8. The summed E-state index contributed by atoms with van der Waals surface area (Å²) in [6.07, 6.45) is 4.16. The molecule has 0 saturated heterocycles. The molecule has 9 heteroatoms. The van der Waals surface area contributed by atoms with Crippen molar-refractivity contribution in [1.82, 2.24) is 20.0 Å². The fraction of sp³-hybridized carbons (Fsp3) is 0.526. The third-order valence-electron chi connectivity index (χ3n) is 5.01. The lowest BCUT2D eigenvalue weighted by molar-refractivity contribution is -0.146. The van der Waals surface area contributed by atoms with Crippen LogP contribution in [-0.2, 0) is 16.6 Å². The number of aryl methyl sites for hydroxylation is 2.